The van der Waals surface area contributed by atoms with Crippen LogP contribution < -0.4 is 10.1 Å². The number of halogens is 3. The number of rotatable bonds is 6. The Hall–Kier alpha value is -2.74. The van der Waals surface area contributed by atoms with E-state index < -0.39 is 17.7 Å². The van der Waals surface area contributed by atoms with Gasteiger partial charge in [-0.2, -0.15) is 0 Å². The lowest BCUT2D eigenvalue weighted by atomic mass is 10.2. The van der Waals surface area contributed by atoms with Crippen molar-refractivity contribution in [3.8, 4) is 11.4 Å². The molecule has 8 heteroatoms. The zero-order valence-corrected chi connectivity index (χ0v) is 16.8. The predicted octanol–water partition coefficient (Wildman–Crippen LogP) is 4.31. The molecule has 0 bridgehead atoms. The summed E-state index contributed by atoms with van der Waals surface area (Å²) in [5.41, 5.74) is 1.01. The minimum absolute atomic E-state index is 0.150. The first kappa shape index (κ1) is 20.0. The normalized spacial score (nSPS) is 11.9. The van der Waals surface area contributed by atoms with Gasteiger partial charge < -0.3 is 14.6 Å². The molecule has 1 unspecified atom stereocenters. The van der Waals surface area contributed by atoms with E-state index in [0.29, 0.717) is 27.3 Å². The summed E-state index contributed by atoms with van der Waals surface area (Å²) >= 11 is 3.19. The molecule has 0 fully saturated rings. The van der Waals surface area contributed by atoms with Crippen molar-refractivity contribution in [1.82, 2.24) is 14.9 Å². The van der Waals surface area contributed by atoms with Gasteiger partial charge >= 0.3 is 0 Å². The van der Waals surface area contributed by atoms with Crippen molar-refractivity contribution in [3.63, 3.8) is 0 Å². The number of aryl methyl sites for hydroxylation is 1. The highest BCUT2D eigenvalue weighted by Gasteiger charge is 2.16. The highest BCUT2D eigenvalue weighted by Crippen LogP contribution is 2.26. The fourth-order valence-electron chi connectivity index (χ4n) is 2.64. The SMILES string of the molecule is Cc1nccn1-c1ccc(CNC(=O)C(C)Oc2ccc(F)cc2Br)cc1F. The Bertz CT molecular complexity index is 1010. The van der Waals surface area contributed by atoms with E-state index in [1.54, 1.807) is 42.9 Å². The summed E-state index contributed by atoms with van der Waals surface area (Å²) in [6.07, 6.45) is 2.48. The number of ether oxygens (including phenoxy) is 1. The maximum atomic E-state index is 14.4. The van der Waals surface area contributed by atoms with Crippen molar-refractivity contribution < 1.29 is 18.3 Å². The molecule has 0 saturated heterocycles. The Morgan fingerprint density at radius 1 is 1.29 bits per heavy atom. The highest BCUT2D eigenvalue weighted by molar-refractivity contribution is 9.10. The number of nitrogens with zero attached hydrogens (tertiary/aromatic N) is 2. The van der Waals surface area contributed by atoms with Gasteiger partial charge in [-0.25, -0.2) is 13.8 Å². The number of imidazole rings is 1. The first-order valence-electron chi connectivity index (χ1n) is 8.53. The predicted molar refractivity (Wildman–Crippen MR) is 104 cm³/mol. The Labute approximate surface area is 169 Å². The average molecular weight is 450 g/mol. The van der Waals surface area contributed by atoms with E-state index in [1.807, 2.05) is 0 Å². The molecule has 0 aliphatic heterocycles. The van der Waals surface area contributed by atoms with Crippen molar-refractivity contribution in [1.29, 1.82) is 0 Å². The van der Waals surface area contributed by atoms with Crippen LogP contribution in [0.5, 0.6) is 5.75 Å². The molecule has 0 aliphatic carbocycles. The second kappa shape index (κ2) is 8.52. The molecule has 0 radical (unpaired) electrons. The number of aromatic nitrogens is 2. The Balaban J connectivity index is 1.61. The van der Waals surface area contributed by atoms with Crippen molar-refractivity contribution in [3.05, 3.63) is 76.3 Å². The van der Waals surface area contributed by atoms with Crippen LogP contribution in [0.1, 0.15) is 18.3 Å². The molecule has 1 N–H and O–H groups in total. The largest absolute Gasteiger partial charge is 0.480 e. The van der Waals surface area contributed by atoms with E-state index in [0.717, 1.165) is 0 Å². The van der Waals surface area contributed by atoms with Crippen LogP contribution in [-0.2, 0) is 11.3 Å². The van der Waals surface area contributed by atoms with Crippen molar-refractivity contribution in [2.45, 2.75) is 26.5 Å². The number of carbonyl (C=O) groups is 1. The van der Waals surface area contributed by atoms with E-state index in [4.69, 9.17) is 4.74 Å². The molecule has 1 heterocycles. The summed E-state index contributed by atoms with van der Waals surface area (Å²) in [7, 11) is 0. The van der Waals surface area contributed by atoms with Crippen molar-refractivity contribution in [2.75, 3.05) is 0 Å². The quantitative estimate of drug-likeness (QED) is 0.609. The molecule has 1 amide bonds. The Morgan fingerprint density at radius 3 is 2.71 bits per heavy atom. The van der Waals surface area contributed by atoms with Crippen LogP contribution in [-0.4, -0.2) is 21.6 Å². The fourth-order valence-corrected chi connectivity index (χ4v) is 3.08. The number of benzene rings is 2. The van der Waals surface area contributed by atoms with E-state index in [2.05, 4.69) is 26.2 Å². The third-order valence-electron chi connectivity index (χ3n) is 4.13. The lowest BCUT2D eigenvalue weighted by Crippen LogP contribution is -2.36. The topological polar surface area (TPSA) is 56.2 Å². The van der Waals surface area contributed by atoms with Crippen LogP contribution in [0.2, 0.25) is 0 Å². The summed E-state index contributed by atoms with van der Waals surface area (Å²) < 4.78 is 35.2. The summed E-state index contributed by atoms with van der Waals surface area (Å²) in [5, 5.41) is 2.70. The minimum atomic E-state index is -0.806. The van der Waals surface area contributed by atoms with Gasteiger partial charge in [-0.05, 0) is 65.7 Å². The zero-order valence-electron chi connectivity index (χ0n) is 15.2. The Morgan fingerprint density at radius 2 is 2.07 bits per heavy atom. The zero-order chi connectivity index (χ0) is 20.3. The van der Waals surface area contributed by atoms with E-state index in [-0.39, 0.29) is 12.5 Å². The van der Waals surface area contributed by atoms with Gasteiger partial charge in [0.15, 0.2) is 6.10 Å². The molecule has 28 heavy (non-hydrogen) atoms. The number of amides is 1. The fraction of sp³-hybridized carbons (Fsp3) is 0.200. The van der Waals surface area contributed by atoms with Crippen molar-refractivity contribution in [2.24, 2.45) is 0 Å². The Kier molecular flexibility index (Phi) is 6.08. The highest BCUT2D eigenvalue weighted by atomic mass is 79.9. The van der Waals surface area contributed by atoms with Gasteiger partial charge in [0.1, 0.15) is 23.2 Å². The van der Waals surface area contributed by atoms with E-state index in [9.17, 15) is 13.6 Å². The maximum Gasteiger partial charge on any atom is 0.261 e. The maximum absolute atomic E-state index is 14.4. The first-order valence-corrected chi connectivity index (χ1v) is 9.32. The summed E-state index contributed by atoms with van der Waals surface area (Å²) in [6, 6.07) is 8.69. The molecule has 1 aromatic heterocycles. The van der Waals surface area contributed by atoms with Gasteiger partial charge in [0.05, 0.1) is 10.2 Å². The first-order chi connectivity index (χ1) is 13.3. The van der Waals surface area contributed by atoms with Crippen LogP contribution in [0.25, 0.3) is 5.69 Å². The lowest BCUT2D eigenvalue weighted by molar-refractivity contribution is -0.127. The van der Waals surface area contributed by atoms with Crippen LogP contribution in [0, 0.1) is 18.6 Å². The number of hydrogen-bond acceptors (Lipinski definition) is 3. The summed E-state index contributed by atoms with van der Waals surface area (Å²) in [5.74, 6) is -0.153. The summed E-state index contributed by atoms with van der Waals surface area (Å²) in [6.45, 7) is 3.52. The van der Waals surface area contributed by atoms with Gasteiger partial charge in [-0.15, -0.1) is 0 Å². The minimum Gasteiger partial charge on any atom is -0.480 e. The number of hydrogen-bond donors (Lipinski definition) is 1. The molecule has 0 saturated carbocycles. The molecule has 1 atom stereocenters. The van der Waals surface area contributed by atoms with Gasteiger partial charge in [0.25, 0.3) is 5.91 Å². The number of carbonyl (C=O) groups excluding carboxylic acids is 1. The van der Waals surface area contributed by atoms with Crippen LogP contribution in [0.4, 0.5) is 8.78 Å². The molecular formula is C20H18BrF2N3O2. The monoisotopic (exact) mass is 449 g/mol. The molecule has 3 aromatic rings. The van der Waals surface area contributed by atoms with Crippen LogP contribution in [0.15, 0.2) is 53.3 Å². The summed E-state index contributed by atoms with van der Waals surface area (Å²) in [4.78, 5) is 16.3. The molecule has 3 rings (SSSR count). The molecule has 5 nitrogen and oxygen atoms in total. The van der Waals surface area contributed by atoms with Gasteiger partial charge in [0.2, 0.25) is 0 Å². The second-order valence-electron chi connectivity index (χ2n) is 6.18. The van der Waals surface area contributed by atoms with Gasteiger partial charge in [-0.1, -0.05) is 6.07 Å². The van der Waals surface area contributed by atoms with E-state index in [1.165, 1.54) is 24.3 Å². The van der Waals surface area contributed by atoms with Gasteiger partial charge in [-0.3, -0.25) is 4.79 Å². The second-order valence-corrected chi connectivity index (χ2v) is 7.04. The lowest BCUT2D eigenvalue weighted by Gasteiger charge is -2.16. The number of nitrogens with one attached hydrogen (secondary N) is 1. The van der Waals surface area contributed by atoms with Crippen molar-refractivity contribution >= 4 is 21.8 Å². The molecule has 146 valence electrons. The van der Waals surface area contributed by atoms with Crippen LogP contribution >= 0.6 is 15.9 Å². The molecule has 2 aromatic carbocycles. The smallest absolute Gasteiger partial charge is 0.261 e. The molecular weight excluding hydrogens is 432 g/mol. The third-order valence-corrected chi connectivity index (χ3v) is 4.75. The molecule has 0 aliphatic rings. The third kappa shape index (κ3) is 4.56. The van der Waals surface area contributed by atoms with E-state index >= 15 is 0 Å². The average Bonchev–Trinajstić information content (AvgIpc) is 3.07. The van der Waals surface area contributed by atoms with Gasteiger partial charge in [0, 0.05) is 18.9 Å². The van der Waals surface area contributed by atoms with Crippen LogP contribution in [0.3, 0.4) is 0 Å². The molecule has 0 spiro atoms. The standard InChI is InChI=1S/C20H18BrF2N3O2/c1-12(28-19-6-4-15(22)10-16(19)21)20(27)25-11-14-3-5-18(17(23)9-14)26-8-7-24-13(26)2/h3-10,12H,11H2,1-2H3,(H,25,27).